The van der Waals surface area contributed by atoms with E-state index < -0.39 is 0 Å². The third kappa shape index (κ3) is 4.15. The van der Waals surface area contributed by atoms with Crippen molar-refractivity contribution in [3.8, 4) is 5.75 Å². The summed E-state index contributed by atoms with van der Waals surface area (Å²) < 4.78 is 7.35. The summed E-state index contributed by atoms with van der Waals surface area (Å²) in [4.78, 5) is 16.9. The fourth-order valence-electron chi connectivity index (χ4n) is 4.51. The number of ether oxygens (including phenoxy) is 1. The van der Waals surface area contributed by atoms with Crippen molar-refractivity contribution in [2.75, 3.05) is 33.3 Å². The molecule has 2 fully saturated rings. The third-order valence-corrected chi connectivity index (χ3v) is 6.44. The minimum absolute atomic E-state index is 0.0192. The van der Waals surface area contributed by atoms with Crippen LogP contribution in [0.1, 0.15) is 58.9 Å². The van der Waals surface area contributed by atoms with Gasteiger partial charge in [-0.05, 0) is 68.8 Å². The van der Waals surface area contributed by atoms with Crippen molar-refractivity contribution < 1.29 is 9.53 Å². The van der Waals surface area contributed by atoms with Crippen LogP contribution in [0.5, 0.6) is 5.75 Å². The summed E-state index contributed by atoms with van der Waals surface area (Å²) in [6.07, 6.45) is 6.20. The summed E-state index contributed by atoms with van der Waals surface area (Å²) in [7, 11) is 1.72. The molecule has 2 aliphatic heterocycles. The highest BCUT2D eigenvalue weighted by molar-refractivity contribution is 5.92. The molecule has 7 nitrogen and oxygen atoms in total. The van der Waals surface area contributed by atoms with Crippen molar-refractivity contribution in [1.82, 2.24) is 24.8 Å². The second-order valence-electron chi connectivity index (χ2n) is 8.29. The number of methoxy groups -OCH3 is 1. The van der Waals surface area contributed by atoms with Crippen molar-refractivity contribution in [3.05, 3.63) is 40.7 Å². The van der Waals surface area contributed by atoms with E-state index in [1.165, 1.54) is 16.7 Å². The van der Waals surface area contributed by atoms with Gasteiger partial charge in [0.1, 0.15) is 5.75 Å². The molecule has 1 amide bonds. The molecule has 0 unspecified atom stereocenters. The van der Waals surface area contributed by atoms with Crippen molar-refractivity contribution in [2.24, 2.45) is 0 Å². The molecule has 0 N–H and O–H groups in total. The Morgan fingerprint density at radius 3 is 2.69 bits per heavy atom. The first-order chi connectivity index (χ1) is 14.1. The number of piperidine rings is 1. The first-order valence-electron chi connectivity index (χ1n) is 10.6. The number of hydrogen-bond acceptors (Lipinski definition) is 5. The van der Waals surface area contributed by atoms with E-state index in [4.69, 9.17) is 4.74 Å². The van der Waals surface area contributed by atoms with Gasteiger partial charge in [-0.1, -0.05) is 11.3 Å². The van der Waals surface area contributed by atoms with Crippen LogP contribution in [0.4, 0.5) is 0 Å². The lowest BCUT2D eigenvalue weighted by Crippen LogP contribution is -2.36. The predicted octanol–water partition coefficient (Wildman–Crippen LogP) is 2.98. The van der Waals surface area contributed by atoms with Crippen LogP contribution in [0, 0.1) is 13.8 Å². The van der Waals surface area contributed by atoms with E-state index in [-0.39, 0.29) is 11.9 Å². The van der Waals surface area contributed by atoms with Gasteiger partial charge in [-0.25, -0.2) is 4.68 Å². The Balaban J connectivity index is 1.42. The van der Waals surface area contributed by atoms with Crippen molar-refractivity contribution in [3.63, 3.8) is 0 Å². The summed E-state index contributed by atoms with van der Waals surface area (Å²) in [5, 5.41) is 8.48. The van der Waals surface area contributed by atoms with Gasteiger partial charge in [0.25, 0.3) is 5.91 Å². The highest BCUT2D eigenvalue weighted by Crippen LogP contribution is 2.27. The maximum Gasteiger partial charge on any atom is 0.276 e. The Kier molecular flexibility index (Phi) is 5.85. The van der Waals surface area contributed by atoms with Gasteiger partial charge in [0.05, 0.1) is 19.3 Å². The van der Waals surface area contributed by atoms with Crippen LogP contribution in [-0.2, 0) is 6.54 Å². The molecule has 7 heteroatoms. The van der Waals surface area contributed by atoms with E-state index in [1.54, 1.807) is 7.11 Å². The minimum atomic E-state index is 0.0192. The fraction of sp³-hybridized carbons (Fsp3) is 0.591. The predicted molar refractivity (Wildman–Crippen MR) is 111 cm³/mol. The zero-order valence-electron chi connectivity index (χ0n) is 17.7. The Labute approximate surface area is 172 Å². The molecule has 2 aliphatic rings. The van der Waals surface area contributed by atoms with E-state index in [1.807, 2.05) is 15.8 Å². The largest absolute Gasteiger partial charge is 0.496 e. The maximum atomic E-state index is 12.6. The molecule has 3 heterocycles. The van der Waals surface area contributed by atoms with Gasteiger partial charge >= 0.3 is 0 Å². The highest BCUT2D eigenvalue weighted by Gasteiger charge is 2.26. The van der Waals surface area contributed by atoms with Crippen LogP contribution in [0.2, 0.25) is 0 Å². The standard InChI is InChI=1S/C22H31N5O2/c1-16-17(2)21(29-3)9-8-18(16)13-25-10-6-7-19(14-25)27-15-20(23-24-27)22(28)26-11-4-5-12-26/h8-9,15,19H,4-7,10-14H2,1-3H3/t19-/m0/s1. The van der Waals surface area contributed by atoms with E-state index in [0.717, 1.165) is 64.2 Å². The van der Waals surface area contributed by atoms with Crippen LogP contribution >= 0.6 is 0 Å². The molecule has 0 bridgehead atoms. The van der Waals surface area contributed by atoms with Gasteiger partial charge in [0.15, 0.2) is 5.69 Å². The van der Waals surface area contributed by atoms with Crippen LogP contribution in [0.15, 0.2) is 18.3 Å². The molecule has 1 atom stereocenters. The quantitative estimate of drug-likeness (QED) is 0.776. The second kappa shape index (κ2) is 8.53. The van der Waals surface area contributed by atoms with Crippen molar-refractivity contribution in [1.29, 1.82) is 0 Å². The van der Waals surface area contributed by atoms with Crippen molar-refractivity contribution in [2.45, 2.75) is 52.1 Å². The molecule has 1 aromatic heterocycles. The monoisotopic (exact) mass is 397 g/mol. The smallest absolute Gasteiger partial charge is 0.276 e. The molecule has 2 saturated heterocycles. The average Bonchev–Trinajstić information content (AvgIpc) is 3.44. The Morgan fingerprint density at radius 2 is 1.93 bits per heavy atom. The minimum Gasteiger partial charge on any atom is -0.496 e. The summed E-state index contributed by atoms with van der Waals surface area (Å²) in [5.41, 5.74) is 4.32. The normalized spacial score (nSPS) is 20.2. The first-order valence-corrected chi connectivity index (χ1v) is 10.6. The topological polar surface area (TPSA) is 63.5 Å². The number of aromatic nitrogens is 3. The molecule has 0 radical (unpaired) electrons. The fourth-order valence-corrected chi connectivity index (χ4v) is 4.51. The summed E-state index contributed by atoms with van der Waals surface area (Å²) in [5.74, 6) is 0.964. The molecule has 4 rings (SSSR count). The van der Waals surface area contributed by atoms with Crippen LogP contribution in [0.25, 0.3) is 0 Å². The van der Waals surface area contributed by atoms with Crippen LogP contribution in [-0.4, -0.2) is 64.0 Å². The van der Waals surface area contributed by atoms with E-state index in [9.17, 15) is 4.79 Å². The van der Waals surface area contributed by atoms with Gasteiger partial charge in [0, 0.05) is 26.2 Å². The Morgan fingerprint density at radius 1 is 1.14 bits per heavy atom. The summed E-state index contributed by atoms with van der Waals surface area (Å²) in [6.45, 7) is 8.88. The number of amides is 1. The average molecular weight is 398 g/mol. The summed E-state index contributed by atoms with van der Waals surface area (Å²) >= 11 is 0. The van der Waals surface area contributed by atoms with E-state index in [0.29, 0.717) is 5.69 Å². The Bertz CT molecular complexity index is 872. The SMILES string of the molecule is COc1ccc(CN2CCC[C@H](n3cc(C(=O)N4CCCC4)nn3)C2)c(C)c1C. The number of hydrogen-bond donors (Lipinski definition) is 0. The third-order valence-electron chi connectivity index (χ3n) is 6.44. The van der Waals surface area contributed by atoms with Crippen molar-refractivity contribution >= 4 is 5.91 Å². The lowest BCUT2D eigenvalue weighted by molar-refractivity contribution is 0.0787. The zero-order chi connectivity index (χ0) is 20.4. The van der Waals surface area contributed by atoms with Gasteiger partial charge in [-0.3, -0.25) is 9.69 Å². The molecule has 29 heavy (non-hydrogen) atoms. The number of nitrogens with zero attached hydrogens (tertiary/aromatic N) is 5. The number of benzene rings is 1. The van der Waals surface area contributed by atoms with E-state index >= 15 is 0 Å². The van der Waals surface area contributed by atoms with Gasteiger partial charge < -0.3 is 9.64 Å². The van der Waals surface area contributed by atoms with Gasteiger partial charge in [-0.2, -0.15) is 0 Å². The molecule has 156 valence electrons. The molecule has 0 spiro atoms. The highest BCUT2D eigenvalue weighted by atomic mass is 16.5. The Hall–Kier alpha value is -2.41. The molecular weight excluding hydrogens is 366 g/mol. The molecule has 2 aromatic rings. The number of carbonyl (C=O) groups excluding carboxylic acids is 1. The zero-order valence-corrected chi connectivity index (χ0v) is 17.7. The maximum absolute atomic E-state index is 12.6. The van der Waals surface area contributed by atoms with E-state index in [2.05, 4.69) is 41.2 Å². The number of likely N-dealkylation sites (tertiary alicyclic amines) is 2. The second-order valence-corrected chi connectivity index (χ2v) is 8.29. The molecule has 0 saturated carbocycles. The molecular formula is C22H31N5O2. The van der Waals surface area contributed by atoms with Gasteiger partial charge in [0.2, 0.25) is 0 Å². The van der Waals surface area contributed by atoms with Crippen LogP contribution < -0.4 is 4.74 Å². The summed E-state index contributed by atoms with van der Waals surface area (Å²) in [6, 6.07) is 4.50. The lowest BCUT2D eigenvalue weighted by Gasteiger charge is -2.33. The lowest BCUT2D eigenvalue weighted by atomic mass is 10.00. The first kappa shape index (κ1) is 19.9. The number of rotatable bonds is 5. The molecule has 0 aliphatic carbocycles. The number of carbonyl (C=O) groups is 1. The van der Waals surface area contributed by atoms with Gasteiger partial charge in [-0.15, -0.1) is 5.10 Å². The van der Waals surface area contributed by atoms with Crippen LogP contribution in [0.3, 0.4) is 0 Å². The molecule has 1 aromatic carbocycles.